The van der Waals surface area contributed by atoms with Crippen molar-refractivity contribution >= 4 is 11.8 Å². The fraction of sp³-hybridized carbons (Fsp3) is 0.455. The molecule has 1 aliphatic carbocycles. The van der Waals surface area contributed by atoms with Crippen LogP contribution in [0.5, 0.6) is 0 Å². The Hall–Kier alpha value is -4.03. The second-order valence-corrected chi connectivity index (χ2v) is 12.3. The topological polar surface area (TPSA) is 108 Å². The number of aromatic nitrogens is 2. The lowest BCUT2D eigenvalue weighted by Gasteiger charge is -2.41. The number of halogens is 3. The smallest absolute Gasteiger partial charge is 0.384 e. The number of fused-ring (bicyclic) bond motifs is 1. The molecular formula is C33H36F3N5O4. The maximum atomic E-state index is 13.1. The highest BCUT2D eigenvalue weighted by atomic mass is 19.4. The number of aliphatic hydroxyl groups is 1. The molecule has 2 atom stereocenters. The zero-order valence-electron chi connectivity index (χ0n) is 25.0. The molecule has 1 aromatic carbocycles. The molecular weight excluding hydrogens is 587 g/mol. The third-order valence-electron chi connectivity index (χ3n) is 9.76. The average Bonchev–Trinajstić information content (AvgIpc) is 3.64. The Bertz CT molecular complexity index is 1630. The molecule has 2 N–H and O–H groups in total. The number of pyridine rings is 2. The van der Waals surface area contributed by atoms with Crippen molar-refractivity contribution in [3.63, 3.8) is 0 Å². The van der Waals surface area contributed by atoms with E-state index in [9.17, 15) is 32.7 Å². The van der Waals surface area contributed by atoms with E-state index in [2.05, 4.69) is 15.2 Å². The Morgan fingerprint density at radius 1 is 1.00 bits per heavy atom. The van der Waals surface area contributed by atoms with Crippen molar-refractivity contribution in [2.24, 2.45) is 7.05 Å². The quantitative estimate of drug-likeness (QED) is 0.434. The number of hydrogen-bond acceptors (Lipinski definition) is 6. The first-order valence-electron chi connectivity index (χ1n) is 15.3. The van der Waals surface area contributed by atoms with Crippen molar-refractivity contribution in [3.05, 3.63) is 88.0 Å². The third-order valence-corrected chi connectivity index (χ3v) is 9.76. The first-order valence-corrected chi connectivity index (χ1v) is 15.3. The maximum Gasteiger partial charge on any atom is 0.416 e. The normalized spacial score (nSPS) is 25.3. The van der Waals surface area contributed by atoms with Gasteiger partial charge in [0.15, 0.2) is 0 Å². The van der Waals surface area contributed by atoms with E-state index in [0.717, 1.165) is 55.6 Å². The van der Waals surface area contributed by atoms with Crippen LogP contribution in [-0.4, -0.2) is 74.0 Å². The molecule has 3 aromatic rings. The molecule has 0 bridgehead atoms. The summed E-state index contributed by atoms with van der Waals surface area (Å²) in [7, 11) is 1.71. The molecule has 0 radical (unpaired) electrons. The average molecular weight is 624 g/mol. The summed E-state index contributed by atoms with van der Waals surface area (Å²) in [5.41, 5.74) is -0.0227. The van der Waals surface area contributed by atoms with E-state index in [-0.39, 0.29) is 41.7 Å². The van der Waals surface area contributed by atoms with E-state index >= 15 is 0 Å². The molecule has 12 heteroatoms. The zero-order valence-corrected chi connectivity index (χ0v) is 25.0. The second-order valence-electron chi connectivity index (χ2n) is 12.3. The van der Waals surface area contributed by atoms with Crippen LogP contribution in [0.25, 0.3) is 11.3 Å². The molecule has 1 saturated carbocycles. The number of nitrogens with zero attached hydrogens (tertiary/aromatic N) is 4. The molecule has 0 unspecified atom stereocenters. The van der Waals surface area contributed by atoms with Crippen LogP contribution in [-0.2, 0) is 23.6 Å². The van der Waals surface area contributed by atoms with E-state index in [1.807, 2.05) is 18.2 Å². The highest BCUT2D eigenvalue weighted by Gasteiger charge is 2.48. The van der Waals surface area contributed by atoms with Gasteiger partial charge >= 0.3 is 6.18 Å². The lowest BCUT2D eigenvalue weighted by atomic mass is 9.79. The largest absolute Gasteiger partial charge is 0.416 e. The van der Waals surface area contributed by atoms with Gasteiger partial charge in [0.1, 0.15) is 5.60 Å². The summed E-state index contributed by atoms with van der Waals surface area (Å²) in [5.74, 6) is -0.962. The molecule has 0 spiro atoms. The monoisotopic (exact) mass is 623 g/mol. The molecule has 2 amide bonds. The van der Waals surface area contributed by atoms with Gasteiger partial charge in [-0.1, -0.05) is 12.1 Å². The maximum absolute atomic E-state index is 13.1. The summed E-state index contributed by atoms with van der Waals surface area (Å²) in [6.07, 6.45) is 1.46. The third kappa shape index (κ3) is 6.13. The number of carbonyl (C=O) groups excluding carboxylic acids is 2. The first-order chi connectivity index (χ1) is 21.4. The van der Waals surface area contributed by atoms with E-state index in [0.29, 0.717) is 25.1 Å². The van der Waals surface area contributed by atoms with Gasteiger partial charge in [0.2, 0.25) is 5.91 Å². The van der Waals surface area contributed by atoms with Gasteiger partial charge in [-0.25, -0.2) is 0 Å². The Balaban J connectivity index is 1.02. The standard InChI is InChI=1S/C33H36F3N5O4/c1-39-25(6-3-7-29(39)42)22-8-9-28(37-19-22)32(45)14-10-24(11-15-32)40-16-12-27-26(40)13-17-41(27)30(43)20-38-31(44)21-4-2-5-23(18-21)33(34,35)36/h2-9,18-19,24,26-27,45H,10-17,20H2,1H3,(H,38,44)/t24?,26-,27-,32?/m0/s1. The predicted molar refractivity (Wildman–Crippen MR) is 160 cm³/mol. The number of carbonyl (C=O) groups is 2. The van der Waals surface area contributed by atoms with E-state index in [1.165, 1.54) is 18.2 Å². The molecule has 2 aliphatic heterocycles. The molecule has 45 heavy (non-hydrogen) atoms. The summed E-state index contributed by atoms with van der Waals surface area (Å²) in [6.45, 7) is 1.12. The van der Waals surface area contributed by atoms with Gasteiger partial charge in [-0.2, -0.15) is 13.2 Å². The van der Waals surface area contributed by atoms with Crippen LogP contribution in [0.3, 0.4) is 0 Å². The van der Waals surface area contributed by atoms with Crippen molar-refractivity contribution in [3.8, 4) is 11.3 Å². The van der Waals surface area contributed by atoms with Crippen molar-refractivity contribution in [1.29, 1.82) is 0 Å². The molecule has 9 nitrogen and oxygen atoms in total. The van der Waals surface area contributed by atoms with Gasteiger partial charge in [0.25, 0.3) is 11.5 Å². The lowest BCUT2D eigenvalue weighted by molar-refractivity contribution is -0.137. The fourth-order valence-electron chi connectivity index (χ4n) is 7.32. The Morgan fingerprint density at radius 3 is 2.44 bits per heavy atom. The van der Waals surface area contributed by atoms with Gasteiger partial charge in [0, 0.05) is 61.7 Å². The number of nitrogens with one attached hydrogen (secondary N) is 1. The molecule has 3 fully saturated rings. The Morgan fingerprint density at radius 2 is 1.73 bits per heavy atom. The Labute approximate surface area is 258 Å². The van der Waals surface area contributed by atoms with Crippen LogP contribution < -0.4 is 10.9 Å². The van der Waals surface area contributed by atoms with Crippen LogP contribution in [0.4, 0.5) is 13.2 Å². The minimum atomic E-state index is -4.56. The number of alkyl halides is 3. The number of hydrogen-bond donors (Lipinski definition) is 2. The molecule has 3 aliphatic rings. The molecule has 2 saturated heterocycles. The van der Waals surface area contributed by atoms with E-state index in [1.54, 1.807) is 28.8 Å². The van der Waals surface area contributed by atoms with Gasteiger partial charge in [-0.05, 0) is 74.9 Å². The molecule has 238 valence electrons. The first kappa shape index (κ1) is 31.0. The van der Waals surface area contributed by atoms with Crippen LogP contribution in [0.15, 0.2) is 65.6 Å². The van der Waals surface area contributed by atoms with Gasteiger partial charge < -0.3 is 19.9 Å². The molecule has 4 heterocycles. The van der Waals surface area contributed by atoms with Crippen LogP contribution in [0.2, 0.25) is 0 Å². The number of benzene rings is 1. The van der Waals surface area contributed by atoms with E-state index < -0.39 is 23.2 Å². The minimum absolute atomic E-state index is 0.0203. The summed E-state index contributed by atoms with van der Waals surface area (Å²) in [5, 5.41) is 14.0. The van der Waals surface area contributed by atoms with Gasteiger partial charge in [0.05, 0.1) is 23.5 Å². The molecule has 2 aromatic heterocycles. The summed E-state index contributed by atoms with van der Waals surface area (Å²) in [4.78, 5) is 46.4. The highest BCUT2D eigenvalue weighted by Crippen LogP contribution is 2.42. The predicted octanol–water partition coefficient (Wildman–Crippen LogP) is 3.70. The number of likely N-dealkylation sites (tertiary alicyclic amines) is 2. The van der Waals surface area contributed by atoms with Crippen LogP contribution in [0, 0.1) is 0 Å². The van der Waals surface area contributed by atoms with Crippen molar-refractivity contribution in [2.75, 3.05) is 19.6 Å². The van der Waals surface area contributed by atoms with Crippen molar-refractivity contribution < 1.29 is 27.9 Å². The summed E-state index contributed by atoms with van der Waals surface area (Å²) in [6, 6.07) is 13.4. The van der Waals surface area contributed by atoms with Gasteiger partial charge in [-0.3, -0.25) is 24.3 Å². The number of amides is 2. The lowest BCUT2D eigenvalue weighted by Crippen LogP contribution is -2.47. The van der Waals surface area contributed by atoms with Crippen LogP contribution in [0.1, 0.15) is 60.1 Å². The number of rotatable bonds is 6. The SMILES string of the molecule is Cn1c(-c2ccc(C3(O)CCC(N4CC[C@H]5[C@@H]4CCN5C(=O)CNC(=O)c4cccc(C(F)(F)F)c4)CC3)nc2)cccc1=O. The summed E-state index contributed by atoms with van der Waals surface area (Å²) >= 11 is 0. The van der Waals surface area contributed by atoms with Crippen molar-refractivity contribution in [2.45, 2.75) is 68.4 Å². The van der Waals surface area contributed by atoms with Crippen molar-refractivity contribution in [1.82, 2.24) is 24.7 Å². The Kier molecular flexibility index (Phi) is 8.30. The fourth-order valence-corrected chi connectivity index (χ4v) is 7.32. The van der Waals surface area contributed by atoms with Crippen LogP contribution >= 0.6 is 0 Å². The highest BCUT2D eigenvalue weighted by molar-refractivity contribution is 5.96. The second kappa shape index (κ2) is 12.1. The van der Waals surface area contributed by atoms with E-state index in [4.69, 9.17) is 0 Å². The zero-order chi connectivity index (χ0) is 31.9. The minimum Gasteiger partial charge on any atom is -0.384 e. The molecule has 6 rings (SSSR count). The summed E-state index contributed by atoms with van der Waals surface area (Å²) < 4.78 is 40.6. The van der Waals surface area contributed by atoms with Gasteiger partial charge in [-0.15, -0.1) is 0 Å².